The summed E-state index contributed by atoms with van der Waals surface area (Å²) in [4.78, 5) is 27.2. The van der Waals surface area contributed by atoms with Crippen LogP contribution in [0.3, 0.4) is 0 Å². The first-order chi connectivity index (χ1) is 13.1. The van der Waals surface area contributed by atoms with Gasteiger partial charge in [-0.05, 0) is 75.7 Å². The maximum atomic E-state index is 12.6. The summed E-state index contributed by atoms with van der Waals surface area (Å²) < 4.78 is 0. The number of nitrogens with one attached hydrogen (secondary N) is 3. The molecule has 1 heterocycles. The molecular weight excluding hydrogens is 376 g/mol. The SMILES string of the molecule is CCCN(C(=O)CCNC(=O)NC12CC3CC(CC(C3)C1)C2)C1CCNC1.Cl. The third-order valence-electron chi connectivity index (χ3n) is 7.30. The van der Waals surface area contributed by atoms with Crippen molar-refractivity contribution in [2.75, 3.05) is 26.2 Å². The summed E-state index contributed by atoms with van der Waals surface area (Å²) in [5.74, 6) is 2.63. The Balaban J connectivity index is 0.00000225. The molecule has 0 spiro atoms. The zero-order valence-corrected chi connectivity index (χ0v) is 18.0. The van der Waals surface area contributed by atoms with E-state index in [0.29, 0.717) is 19.0 Å². The number of carbonyl (C=O) groups is 2. The molecule has 28 heavy (non-hydrogen) atoms. The van der Waals surface area contributed by atoms with Crippen molar-refractivity contribution in [1.29, 1.82) is 0 Å². The molecular formula is C21H37ClN4O2. The molecule has 0 radical (unpaired) electrons. The summed E-state index contributed by atoms with van der Waals surface area (Å²) >= 11 is 0. The molecule has 3 N–H and O–H groups in total. The number of urea groups is 1. The normalized spacial score (nSPS) is 35.3. The van der Waals surface area contributed by atoms with Crippen molar-refractivity contribution in [3.8, 4) is 0 Å². The second kappa shape index (κ2) is 9.21. The van der Waals surface area contributed by atoms with Gasteiger partial charge in [0.15, 0.2) is 0 Å². The lowest BCUT2D eigenvalue weighted by Crippen LogP contribution is -2.61. The number of halogens is 1. The smallest absolute Gasteiger partial charge is 0.315 e. The van der Waals surface area contributed by atoms with E-state index in [1.807, 2.05) is 4.90 Å². The van der Waals surface area contributed by atoms with Crippen LogP contribution < -0.4 is 16.0 Å². The number of amides is 3. The van der Waals surface area contributed by atoms with Crippen LogP contribution in [0, 0.1) is 17.8 Å². The first-order valence-electron chi connectivity index (χ1n) is 11.1. The highest BCUT2D eigenvalue weighted by molar-refractivity contribution is 5.85. The second-order valence-corrected chi connectivity index (χ2v) is 9.56. The third kappa shape index (κ3) is 4.76. The third-order valence-corrected chi connectivity index (χ3v) is 7.30. The quantitative estimate of drug-likeness (QED) is 0.601. The van der Waals surface area contributed by atoms with Crippen LogP contribution in [0.5, 0.6) is 0 Å². The van der Waals surface area contributed by atoms with E-state index in [1.165, 1.54) is 19.3 Å². The molecule has 1 saturated heterocycles. The lowest BCUT2D eigenvalue weighted by atomic mass is 9.53. The molecule has 5 aliphatic rings. The molecule has 4 saturated carbocycles. The molecule has 4 aliphatic carbocycles. The van der Waals surface area contributed by atoms with E-state index in [4.69, 9.17) is 0 Å². The Hall–Kier alpha value is -1.01. The van der Waals surface area contributed by atoms with Crippen molar-refractivity contribution in [3.05, 3.63) is 0 Å². The Bertz CT molecular complexity index is 529. The fourth-order valence-corrected chi connectivity index (χ4v) is 6.63. The van der Waals surface area contributed by atoms with Crippen LogP contribution in [0.4, 0.5) is 4.79 Å². The summed E-state index contributed by atoms with van der Waals surface area (Å²) in [6.07, 6.45) is 10.00. The minimum absolute atomic E-state index is 0. The van der Waals surface area contributed by atoms with E-state index in [9.17, 15) is 9.59 Å². The summed E-state index contributed by atoms with van der Waals surface area (Å²) in [5.41, 5.74) is 0.0343. The topological polar surface area (TPSA) is 73.5 Å². The molecule has 5 rings (SSSR count). The van der Waals surface area contributed by atoms with Gasteiger partial charge in [-0.15, -0.1) is 12.4 Å². The average molecular weight is 413 g/mol. The van der Waals surface area contributed by atoms with Crippen LogP contribution in [-0.4, -0.2) is 54.6 Å². The van der Waals surface area contributed by atoms with Gasteiger partial charge in [0.2, 0.25) is 5.91 Å². The van der Waals surface area contributed by atoms with Gasteiger partial charge in [0.1, 0.15) is 0 Å². The van der Waals surface area contributed by atoms with Crippen molar-refractivity contribution >= 4 is 24.3 Å². The van der Waals surface area contributed by atoms with Gasteiger partial charge in [-0.2, -0.15) is 0 Å². The van der Waals surface area contributed by atoms with Gasteiger partial charge in [-0.25, -0.2) is 4.79 Å². The predicted molar refractivity (Wildman–Crippen MR) is 113 cm³/mol. The Morgan fingerprint density at radius 3 is 2.29 bits per heavy atom. The van der Waals surface area contributed by atoms with Crippen LogP contribution in [0.1, 0.15) is 64.7 Å². The van der Waals surface area contributed by atoms with Crippen LogP contribution >= 0.6 is 12.4 Å². The Morgan fingerprint density at radius 2 is 1.75 bits per heavy atom. The lowest BCUT2D eigenvalue weighted by molar-refractivity contribution is -0.133. The first-order valence-corrected chi connectivity index (χ1v) is 11.1. The zero-order valence-electron chi connectivity index (χ0n) is 17.2. The van der Waals surface area contributed by atoms with Crippen molar-refractivity contribution in [3.63, 3.8) is 0 Å². The molecule has 0 aromatic carbocycles. The number of carbonyl (C=O) groups excluding carboxylic acids is 2. The van der Waals surface area contributed by atoms with Gasteiger partial charge in [0, 0.05) is 37.6 Å². The van der Waals surface area contributed by atoms with Crippen molar-refractivity contribution in [2.24, 2.45) is 17.8 Å². The van der Waals surface area contributed by atoms with Gasteiger partial charge in [-0.3, -0.25) is 4.79 Å². The maximum Gasteiger partial charge on any atom is 0.315 e. The molecule has 160 valence electrons. The first kappa shape index (κ1) is 21.7. The molecule has 6 nitrogen and oxygen atoms in total. The van der Waals surface area contributed by atoms with E-state index in [0.717, 1.165) is 69.5 Å². The fourth-order valence-electron chi connectivity index (χ4n) is 6.63. The van der Waals surface area contributed by atoms with Crippen LogP contribution in [0.15, 0.2) is 0 Å². The molecule has 5 fully saturated rings. The molecule has 4 bridgehead atoms. The summed E-state index contributed by atoms with van der Waals surface area (Å²) in [7, 11) is 0. The molecule has 1 aliphatic heterocycles. The predicted octanol–water partition coefficient (Wildman–Crippen LogP) is 2.67. The highest BCUT2D eigenvalue weighted by Crippen LogP contribution is 2.55. The minimum atomic E-state index is -0.0747. The number of hydrogen-bond donors (Lipinski definition) is 3. The Labute approximate surface area is 175 Å². The number of nitrogens with zero attached hydrogens (tertiary/aromatic N) is 1. The maximum absolute atomic E-state index is 12.6. The van der Waals surface area contributed by atoms with Gasteiger partial charge in [-0.1, -0.05) is 6.92 Å². The highest BCUT2D eigenvalue weighted by Gasteiger charge is 2.51. The molecule has 3 amide bonds. The van der Waals surface area contributed by atoms with Crippen LogP contribution in [-0.2, 0) is 4.79 Å². The fraction of sp³-hybridized carbons (Fsp3) is 0.905. The molecule has 1 atom stereocenters. The monoisotopic (exact) mass is 412 g/mol. The van der Waals surface area contributed by atoms with Crippen molar-refractivity contribution in [1.82, 2.24) is 20.9 Å². The molecule has 7 heteroatoms. The number of rotatable bonds is 7. The van der Waals surface area contributed by atoms with Gasteiger partial charge < -0.3 is 20.9 Å². The molecule has 1 unspecified atom stereocenters. The highest BCUT2D eigenvalue weighted by atomic mass is 35.5. The standard InChI is InChI=1S/C21H36N4O2.ClH/c1-2-7-25(18-3-5-22-14-18)19(26)4-6-23-20(27)24-21-11-15-8-16(12-21)10-17(9-15)13-21;/h15-18,22H,2-14H2,1H3,(H2,23,24,27);1H. The minimum Gasteiger partial charge on any atom is -0.338 e. The van der Waals surface area contributed by atoms with Crippen LogP contribution in [0.25, 0.3) is 0 Å². The van der Waals surface area contributed by atoms with Crippen molar-refractivity contribution < 1.29 is 9.59 Å². The van der Waals surface area contributed by atoms with E-state index in [1.54, 1.807) is 0 Å². The second-order valence-electron chi connectivity index (χ2n) is 9.56. The number of hydrogen-bond acceptors (Lipinski definition) is 3. The largest absolute Gasteiger partial charge is 0.338 e. The van der Waals surface area contributed by atoms with E-state index >= 15 is 0 Å². The van der Waals surface area contributed by atoms with E-state index in [2.05, 4.69) is 22.9 Å². The Morgan fingerprint density at radius 1 is 1.11 bits per heavy atom. The Kier molecular flexibility index (Phi) is 7.13. The van der Waals surface area contributed by atoms with Gasteiger partial charge in [0.05, 0.1) is 0 Å². The van der Waals surface area contributed by atoms with Gasteiger partial charge in [0.25, 0.3) is 0 Å². The molecule has 0 aromatic rings. The van der Waals surface area contributed by atoms with Crippen LogP contribution in [0.2, 0.25) is 0 Å². The van der Waals surface area contributed by atoms with E-state index < -0.39 is 0 Å². The lowest BCUT2D eigenvalue weighted by Gasteiger charge is -2.56. The summed E-state index contributed by atoms with van der Waals surface area (Å²) in [6.45, 7) is 5.23. The molecule has 0 aromatic heterocycles. The van der Waals surface area contributed by atoms with E-state index in [-0.39, 0.29) is 29.9 Å². The average Bonchev–Trinajstić information content (AvgIpc) is 3.12. The van der Waals surface area contributed by atoms with Crippen molar-refractivity contribution in [2.45, 2.75) is 76.3 Å². The zero-order chi connectivity index (χ0) is 18.9. The van der Waals surface area contributed by atoms with Gasteiger partial charge >= 0.3 is 6.03 Å². The summed E-state index contributed by atoms with van der Waals surface area (Å²) in [6, 6.07) is 0.243. The summed E-state index contributed by atoms with van der Waals surface area (Å²) in [5, 5.41) is 9.62.